The average molecular weight is 881 g/mol. The molecule has 63 heavy (non-hydrogen) atoms. The Morgan fingerprint density at radius 1 is 0.921 bits per heavy atom. The number of aromatic amines is 1. The van der Waals surface area contributed by atoms with Crippen LogP contribution in [0.5, 0.6) is 6.01 Å². The number of carbonyl (C=O) groups is 2. The van der Waals surface area contributed by atoms with Gasteiger partial charge in [-0.25, -0.2) is 19.3 Å². The number of nitrogens with zero attached hydrogens (tertiary/aromatic N) is 7. The molecule has 2 aromatic heterocycles. The molecule has 2 aliphatic heterocycles. The summed E-state index contributed by atoms with van der Waals surface area (Å²) in [5.41, 5.74) is 4.72. The molecule has 0 aliphatic carbocycles. The second-order valence-corrected chi connectivity index (χ2v) is 14.9. The third-order valence-corrected chi connectivity index (χ3v) is 10.1. The highest BCUT2D eigenvalue weighted by atomic mass is 17.1. The molecule has 2 saturated heterocycles. The first-order chi connectivity index (χ1) is 30.4. The summed E-state index contributed by atoms with van der Waals surface area (Å²) < 4.78 is 42.2. The maximum Gasteiger partial charge on any atom is 0.512 e. The summed E-state index contributed by atoms with van der Waals surface area (Å²) in [4.78, 5) is 40.8. The minimum Gasteiger partial charge on any atom is -0.465 e. The van der Waals surface area contributed by atoms with Crippen molar-refractivity contribution in [3.8, 4) is 28.5 Å². The predicted octanol–water partition coefficient (Wildman–Crippen LogP) is 4.49. The summed E-state index contributed by atoms with van der Waals surface area (Å²) in [6, 6.07) is 21.0. The second-order valence-electron chi connectivity index (χ2n) is 14.9. The van der Waals surface area contributed by atoms with Crippen LogP contribution in [0.4, 0.5) is 4.79 Å². The van der Waals surface area contributed by atoms with Crippen LogP contribution < -0.4 is 4.74 Å². The Hall–Kier alpha value is -5.70. The van der Waals surface area contributed by atoms with Crippen LogP contribution in [0.1, 0.15) is 56.0 Å². The molecule has 2 unspecified atom stereocenters. The van der Waals surface area contributed by atoms with Crippen LogP contribution in [0, 0.1) is 0 Å². The van der Waals surface area contributed by atoms with Gasteiger partial charge in [0.05, 0.1) is 53.7 Å². The van der Waals surface area contributed by atoms with Crippen molar-refractivity contribution in [2.75, 3.05) is 33.0 Å². The van der Waals surface area contributed by atoms with Gasteiger partial charge in [-0.2, -0.15) is 10.2 Å². The van der Waals surface area contributed by atoms with Crippen molar-refractivity contribution in [3.63, 3.8) is 0 Å². The summed E-state index contributed by atoms with van der Waals surface area (Å²) in [7, 11) is 0. The molecule has 0 saturated carbocycles. The zero-order chi connectivity index (χ0) is 44.5. The molecule has 5 N–H and O–H groups in total. The number of carbonyl (C=O) groups excluding carboxylic acids is 2. The summed E-state index contributed by atoms with van der Waals surface area (Å²) in [6.45, 7) is 5.39. The van der Waals surface area contributed by atoms with Crippen LogP contribution in [0.25, 0.3) is 33.5 Å². The Morgan fingerprint density at radius 2 is 1.67 bits per heavy atom. The van der Waals surface area contributed by atoms with Crippen molar-refractivity contribution in [3.05, 3.63) is 77.9 Å². The van der Waals surface area contributed by atoms with Crippen molar-refractivity contribution in [2.24, 2.45) is 0 Å². The standard InChI is InChI=1S/C40H48N8O15/c1-4-55-38-41-30-14-9-13-29(33(30)46(38)20-24-15-17-25(18-16-24)27-11-5-6-12-28(27)36-42-44-45-43-36)37(49)61-40(2,3)62-39(50)60-32-23-58-34-31(22-57-35(32)34)56-19-8-7-10-26(63-48(53)54)21-59-47(51)52/h5-6,9,11-18,26,31-32,34-35,51-54H,4,7-8,10,19-23H2,1-3H3,(H,42,43,44,45)/t26?,31-,32-,34?,35-/m1/s1. The van der Waals surface area contributed by atoms with Gasteiger partial charge < -0.3 is 33.2 Å². The minimum atomic E-state index is -1.77. The Balaban J connectivity index is 0.940. The van der Waals surface area contributed by atoms with Crippen LogP contribution >= 0.6 is 0 Å². The molecule has 7 rings (SSSR count). The largest absolute Gasteiger partial charge is 0.512 e. The van der Waals surface area contributed by atoms with Crippen LogP contribution in [-0.4, -0.2) is 143 Å². The van der Waals surface area contributed by atoms with Gasteiger partial charge in [0.1, 0.15) is 31.0 Å². The molecule has 0 bridgehead atoms. The average Bonchev–Trinajstić information content (AvgIpc) is 4.07. The maximum atomic E-state index is 13.9. The fourth-order valence-electron chi connectivity index (χ4n) is 7.37. The lowest BCUT2D eigenvalue weighted by Crippen LogP contribution is -2.38. The van der Waals surface area contributed by atoms with E-state index in [1.807, 2.05) is 55.5 Å². The number of para-hydroxylation sites is 1. The maximum absolute atomic E-state index is 13.9. The molecule has 2 aliphatic rings. The number of benzene rings is 3. The van der Waals surface area contributed by atoms with Gasteiger partial charge in [-0.3, -0.25) is 25.4 Å². The van der Waals surface area contributed by atoms with E-state index >= 15 is 0 Å². The van der Waals surface area contributed by atoms with E-state index in [1.54, 1.807) is 22.8 Å². The van der Waals surface area contributed by atoms with Crippen molar-refractivity contribution in [2.45, 2.75) is 82.9 Å². The molecule has 4 heterocycles. The molecule has 5 aromatic rings. The Morgan fingerprint density at radius 3 is 2.38 bits per heavy atom. The third-order valence-electron chi connectivity index (χ3n) is 10.1. The van der Waals surface area contributed by atoms with Crippen molar-refractivity contribution < 1.29 is 73.3 Å². The van der Waals surface area contributed by atoms with Gasteiger partial charge >= 0.3 is 12.1 Å². The summed E-state index contributed by atoms with van der Waals surface area (Å²) >= 11 is 0. The Labute approximate surface area is 359 Å². The van der Waals surface area contributed by atoms with E-state index < -0.39 is 59.2 Å². The van der Waals surface area contributed by atoms with Gasteiger partial charge in [-0.1, -0.05) is 54.6 Å². The molecule has 23 heteroatoms. The van der Waals surface area contributed by atoms with Gasteiger partial charge in [-0.15, -0.1) is 10.2 Å². The van der Waals surface area contributed by atoms with Gasteiger partial charge in [0, 0.05) is 26.0 Å². The molecule has 0 amide bonds. The lowest BCUT2D eigenvalue weighted by Gasteiger charge is -2.26. The van der Waals surface area contributed by atoms with Crippen LogP contribution in [-0.2, 0) is 44.6 Å². The lowest BCUT2D eigenvalue weighted by atomic mass is 9.98. The van der Waals surface area contributed by atoms with Gasteiger partial charge in [0.2, 0.25) is 5.82 Å². The van der Waals surface area contributed by atoms with Gasteiger partial charge in [-0.05, 0) is 60.2 Å². The van der Waals surface area contributed by atoms with E-state index in [1.165, 1.54) is 13.8 Å². The molecule has 338 valence electrons. The Kier molecular flexibility index (Phi) is 14.9. The quantitative estimate of drug-likeness (QED) is 0.0294. The predicted molar refractivity (Wildman–Crippen MR) is 211 cm³/mol. The number of fused-ring (bicyclic) bond motifs is 2. The fourth-order valence-corrected chi connectivity index (χ4v) is 7.37. The minimum absolute atomic E-state index is 0.0134. The van der Waals surface area contributed by atoms with E-state index in [0.29, 0.717) is 48.9 Å². The summed E-state index contributed by atoms with van der Waals surface area (Å²) in [5.74, 6) is -2.06. The van der Waals surface area contributed by atoms with Crippen LogP contribution in [0.3, 0.4) is 0 Å². The van der Waals surface area contributed by atoms with Crippen molar-refractivity contribution >= 4 is 23.2 Å². The first kappa shape index (κ1) is 45.3. The number of aromatic nitrogens is 6. The number of rotatable bonds is 21. The smallest absolute Gasteiger partial charge is 0.465 e. The Bertz CT molecular complexity index is 2270. The van der Waals surface area contributed by atoms with Gasteiger partial charge in [0.25, 0.3) is 11.8 Å². The topological polar surface area (TPSA) is 277 Å². The highest BCUT2D eigenvalue weighted by Crippen LogP contribution is 2.33. The number of tetrazole rings is 1. The number of esters is 1. The van der Waals surface area contributed by atoms with E-state index in [2.05, 4.69) is 30.4 Å². The van der Waals surface area contributed by atoms with E-state index in [9.17, 15) is 9.59 Å². The number of unbranched alkanes of at least 4 members (excludes halogenated alkanes) is 1. The fraction of sp³-hybridized carbons (Fsp3) is 0.450. The first-order valence-electron chi connectivity index (χ1n) is 20.1. The molecule has 3 aromatic carbocycles. The normalized spacial score (nSPS) is 19.1. The number of ether oxygens (including phenoxy) is 7. The van der Waals surface area contributed by atoms with Crippen molar-refractivity contribution in [1.82, 2.24) is 41.0 Å². The molecule has 2 fully saturated rings. The van der Waals surface area contributed by atoms with E-state index in [0.717, 1.165) is 22.3 Å². The van der Waals surface area contributed by atoms with Crippen LogP contribution in [0.2, 0.25) is 0 Å². The van der Waals surface area contributed by atoms with E-state index in [4.69, 9.17) is 58.8 Å². The molecular weight excluding hydrogens is 832 g/mol. The SMILES string of the molecule is CCOc1nc2cccc(C(=O)OC(C)(C)OC(=O)O[C@@H]3COC4[C@H](OCCCCC(CON(O)O)ON(O)O)CO[C@@H]43)c2n1Cc1ccc(-c2ccccc2-c2nn[nH]n2)cc1. The highest BCUT2D eigenvalue weighted by molar-refractivity contribution is 6.02. The number of hydrogen-bond acceptors (Lipinski definition) is 21. The molecule has 0 spiro atoms. The number of nitrogens with one attached hydrogen (secondary N) is 1. The number of H-pyrrole nitrogens is 1. The molecule has 5 atom stereocenters. The molecule has 0 radical (unpaired) electrons. The number of imidazole rings is 1. The number of hydrogen-bond donors (Lipinski definition) is 5. The van der Waals surface area contributed by atoms with Crippen LogP contribution in [0.15, 0.2) is 66.7 Å². The van der Waals surface area contributed by atoms with Crippen molar-refractivity contribution in [1.29, 1.82) is 0 Å². The first-order valence-corrected chi connectivity index (χ1v) is 20.1. The lowest BCUT2D eigenvalue weighted by molar-refractivity contribution is -0.527. The zero-order valence-electron chi connectivity index (χ0n) is 34.5. The summed E-state index contributed by atoms with van der Waals surface area (Å²) in [5, 5.41) is 48.8. The second kappa shape index (κ2) is 20.7. The summed E-state index contributed by atoms with van der Waals surface area (Å²) in [6.07, 6.45) is -3.18. The van der Waals surface area contributed by atoms with Gasteiger partial charge in [0.15, 0.2) is 6.10 Å². The zero-order valence-corrected chi connectivity index (χ0v) is 34.5. The van der Waals surface area contributed by atoms with E-state index in [-0.39, 0.29) is 38.4 Å². The molecular formula is C40H48N8O15. The highest BCUT2D eigenvalue weighted by Gasteiger charge is 2.50. The third kappa shape index (κ3) is 11.5. The molecule has 23 nitrogen and oxygen atoms in total. The monoisotopic (exact) mass is 880 g/mol.